The van der Waals surface area contributed by atoms with Crippen molar-refractivity contribution in [3.63, 3.8) is 0 Å². The fourth-order valence-corrected chi connectivity index (χ4v) is 2.97. The van der Waals surface area contributed by atoms with E-state index in [0.717, 1.165) is 6.07 Å². The molecule has 0 radical (unpaired) electrons. The van der Waals surface area contributed by atoms with Gasteiger partial charge in [0.15, 0.2) is 0 Å². The van der Waals surface area contributed by atoms with E-state index in [4.69, 9.17) is 10.5 Å². The zero-order chi connectivity index (χ0) is 15.6. The number of ether oxygens (including phenoxy) is 1. The average molecular weight is 310 g/mol. The number of benzene rings is 2. The SMILES string of the molecule is COc1ccc(NS(=O)(=O)c2cc(C)c(F)c(N)c2)cc1. The minimum atomic E-state index is -3.83. The van der Waals surface area contributed by atoms with Crippen LogP contribution in [0.5, 0.6) is 5.75 Å². The third-order valence-corrected chi connectivity index (χ3v) is 4.27. The molecule has 0 spiro atoms. The van der Waals surface area contributed by atoms with Crippen LogP contribution < -0.4 is 15.2 Å². The standard InChI is InChI=1S/C14H15FN2O3S/c1-9-7-12(8-13(16)14(9)15)21(18,19)17-10-3-5-11(20-2)6-4-10/h3-8,17H,16H2,1-2H3. The Morgan fingerprint density at radius 2 is 1.81 bits per heavy atom. The maximum atomic E-state index is 13.5. The molecule has 2 rings (SSSR count). The molecule has 3 N–H and O–H groups in total. The first kappa shape index (κ1) is 15.1. The Hall–Kier alpha value is -2.28. The van der Waals surface area contributed by atoms with Gasteiger partial charge in [0, 0.05) is 5.69 Å². The van der Waals surface area contributed by atoms with Crippen molar-refractivity contribution in [3.05, 3.63) is 47.8 Å². The first-order valence-electron chi connectivity index (χ1n) is 6.06. The molecule has 112 valence electrons. The van der Waals surface area contributed by atoms with Crippen LogP contribution in [0.25, 0.3) is 0 Å². The molecule has 21 heavy (non-hydrogen) atoms. The average Bonchev–Trinajstić information content (AvgIpc) is 2.44. The highest BCUT2D eigenvalue weighted by Crippen LogP contribution is 2.23. The number of nitrogens with one attached hydrogen (secondary N) is 1. The van der Waals surface area contributed by atoms with Gasteiger partial charge < -0.3 is 10.5 Å². The van der Waals surface area contributed by atoms with Crippen molar-refractivity contribution in [2.75, 3.05) is 17.6 Å². The molecule has 0 aromatic heterocycles. The number of anilines is 2. The van der Waals surface area contributed by atoms with Crippen molar-refractivity contribution in [1.29, 1.82) is 0 Å². The Bertz CT molecular complexity index is 735. The van der Waals surface area contributed by atoms with Crippen LogP contribution in [0.4, 0.5) is 15.8 Å². The van der Waals surface area contributed by atoms with Gasteiger partial charge in [0.2, 0.25) is 0 Å². The summed E-state index contributed by atoms with van der Waals surface area (Å²) in [5.41, 5.74) is 5.81. The summed E-state index contributed by atoms with van der Waals surface area (Å²) in [5.74, 6) is -0.00165. The maximum Gasteiger partial charge on any atom is 0.261 e. The number of methoxy groups -OCH3 is 1. The Kier molecular flexibility index (Phi) is 4.04. The van der Waals surface area contributed by atoms with Gasteiger partial charge in [-0.3, -0.25) is 4.72 Å². The summed E-state index contributed by atoms with van der Waals surface area (Å²) in [7, 11) is -2.32. The molecule has 7 heteroatoms. The van der Waals surface area contributed by atoms with E-state index >= 15 is 0 Å². The number of rotatable bonds is 4. The Morgan fingerprint density at radius 3 is 2.33 bits per heavy atom. The number of sulfonamides is 1. The lowest BCUT2D eigenvalue weighted by atomic mass is 10.2. The van der Waals surface area contributed by atoms with Gasteiger partial charge in [0.05, 0.1) is 17.7 Å². The molecule has 0 saturated carbocycles. The van der Waals surface area contributed by atoms with Crippen molar-refractivity contribution in [1.82, 2.24) is 0 Å². The van der Waals surface area contributed by atoms with E-state index in [1.165, 1.54) is 20.1 Å². The second-order valence-electron chi connectivity index (χ2n) is 4.48. The molecule has 0 aliphatic rings. The second kappa shape index (κ2) is 5.61. The summed E-state index contributed by atoms with van der Waals surface area (Å²) in [5, 5.41) is 0. The number of aryl methyl sites for hydroxylation is 1. The maximum absolute atomic E-state index is 13.5. The molecule has 5 nitrogen and oxygen atoms in total. The quantitative estimate of drug-likeness (QED) is 0.850. The first-order valence-corrected chi connectivity index (χ1v) is 7.54. The highest BCUT2D eigenvalue weighted by atomic mass is 32.2. The molecule has 0 amide bonds. The van der Waals surface area contributed by atoms with Crippen LogP contribution >= 0.6 is 0 Å². The van der Waals surface area contributed by atoms with Gasteiger partial charge in [-0.1, -0.05) is 0 Å². The van der Waals surface area contributed by atoms with Gasteiger partial charge in [-0.25, -0.2) is 12.8 Å². The van der Waals surface area contributed by atoms with E-state index in [1.807, 2.05) is 0 Å². The molecule has 2 aromatic rings. The fraction of sp³-hybridized carbons (Fsp3) is 0.143. The zero-order valence-electron chi connectivity index (χ0n) is 11.6. The molecule has 0 heterocycles. The van der Waals surface area contributed by atoms with Crippen molar-refractivity contribution in [3.8, 4) is 5.75 Å². The summed E-state index contributed by atoms with van der Waals surface area (Å²) in [6.45, 7) is 1.46. The first-order chi connectivity index (χ1) is 9.83. The molecule has 0 aliphatic heterocycles. The molecule has 0 aliphatic carbocycles. The smallest absolute Gasteiger partial charge is 0.261 e. The normalized spacial score (nSPS) is 11.2. The van der Waals surface area contributed by atoms with Gasteiger partial charge in [-0.05, 0) is 48.9 Å². The zero-order valence-corrected chi connectivity index (χ0v) is 12.4. The monoisotopic (exact) mass is 310 g/mol. The summed E-state index contributed by atoms with van der Waals surface area (Å²) in [6, 6.07) is 8.71. The highest BCUT2D eigenvalue weighted by molar-refractivity contribution is 7.92. The molecular weight excluding hydrogens is 295 g/mol. The Labute approximate surface area is 122 Å². The van der Waals surface area contributed by atoms with E-state index in [-0.39, 0.29) is 16.1 Å². The lowest BCUT2D eigenvalue weighted by Crippen LogP contribution is -2.14. The number of nitrogen functional groups attached to an aromatic ring is 1. The Morgan fingerprint density at radius 1 is 1.19 bits per heavy atom. The highest BCUT2D eigenvalue weighted by Gasteiger charge is 2.17. The minimum absolute atomic E-state index is 0.0882. The van der Waals surface area contributed by atoms with Gasteiger partial charge in [0.25, 0.3) is 10.0 Å². The lowest BCUT2D eigenvalue weighted by molar-refractivity contribution is 0.415. The van der Waals surface area contributed by atoms with E-state index < -0.39 is 15.8 Å². The summed E-state index contributed by atoms with van der Waals surface area (Å²) in [6.07, 6.45) is 0. The molecule has 0 bridgehead atoms. The summed E-state index contributed by atoms with van der Waals surface area (Å²) >= 11 is 0. The van der Waals surface area contributed by atoms with Crippen LogP contribution in [0.3, 0.4) is 0 Å². The molecule has 0 saturated heterocycles. The van der Waals surface area contributed by atoms with Crippen molar-refractivity contribution in [2.45, 2.75) is 11.8 Å². The van der Waals surface area contributed by atoms with Crippen molar-refractivity contribution >= 4 is 21.4 Å². The van der Waals surface area contributed by atoms with Crippen LogP contribution in [-0.4, -0.2) is 15.5 Å². The van der Waals surface area contributed by atoms with E-state index in [2.05, 4.69) is 4.72 Å². The number of halogens is 1. The summed E-state index contributed by atoms with van der Waals surface area (Å²) in [4.78, 5) is -0.0882. The topological polar surface area (TPSA) is 81.4 Å². The molecule has 0 atom stereocenters. The molecule has 0 fully saturated rings. The predicted molar refractivity (Wildman–Crippen MR) is 79.4 cm³/mol. The molecular formula is C14H15FN2O3S. The molecule has 0 unspecified atom stereocenters. The third-order valence-electron chi connectivity index (χ3n) is 2.91. The predicted octanol–water partition coefficient (Wildman–Crippen LogP) is 2.53. The summed E-state index contributed by atoms with van der Waals surface area (Å²) < 4.78 is 45.3. The largest absolute Gasteiger partial charge is 0.497 e. The fourth-order valence-electron chi connectivity index (χ4n) is 1.79. The van der Waals surface area contributed by atoms with Crippen LogP contribution in [-0.2, 0) is 10.0 Å². The number of hydrogen-bond acceptors (Lipinski definition) is 4. The van der Waals surface area contributed by atoms with Crippen LogP contribution in [0.2, 0.25) is 0 Å². The van der Waals surface area contributed by atoms with E-state index in [0.29, 0.717) is 11.4 Å². The Balaban J connectivity index is 2.33. The second-order valence-corrected chi connectivity index (χ2v) is 6.16. The van der Waals surface area contributed by atoms with Crippen LogP contribution in [0, 0.1) is 12.7 Å². The lowest BCUT2D eigenvalue weighted by Gasteiger charge is -2.10. The number of nitrogens with two attached hydrogens (primary N) is 1. The van der Waals surface area contributed by atoms with Gasteiger partial charge in [-0.2, -0.15) is 0 Å². The minimum Gasteiger partial charge on any atom is -0.497 e. The van der Waals surface area contributed by atoms with E-state index in [9.17, 15) is 12.8 Å². The van der Waals surface area contributed by atoms with Gasteiger partial charge in [0.1, 0.15) is 11.6 Å². The van der Waals surface area contributed by atoms with Crippen LogP contribution in [0.15, 0.2) is 41.3 Å². The van der Waals surface area contributed by atoms with Gasteiger partial charge >= 0.3 is 0 Å². The molecule has 2 aromatic carbocycles. The van der Waals surface area contributed by atoms with E-state index in [1.54, 1.807) is 24.3 Å². The van der Waals surface area contributed by atoms with Crippen molar-refractivity contribution < 1.29 is 17.5 Å². The van der Waals surface area contributed by atoms with Gasteiger partial charge in [-0.15, -0.1) is 0 Å². The number of hydrogen-bond donors (Lipinski definition) is 2. The third kappa shape index (κ3) is 3.25. The van der Waals surface area contributed by atoms with Crippen molar-refractivity contribution in [2.24, 2.45) is 0 Å². The van der Waals surface area contributed by atoms with Crippen LogP contribution in [0.1, 0.15) is 5.56 Å².